The maximum atomic E-state index is 3.58. The lowest BCUT2D eigenvalue weighted by Crippen LogP contribution is -2.32. The molecule has 0 saturated carbocycles. The van der Waals surface area contributed by atoms with Gasteiger partial charge in [0.05, 0.1) is 0 Å². The van der Waals surface area contributed by atoms with E-state index in [9.17, 15) is 0 Å². The Morgan fingerprint density at radius 1 is 0.833 bits per heavy atom. The second-order valence-electron chi connectivity index (χ2n) is 7.00. The van der Waals surface area contributed by atoms with E-state index in [4.69, 9.17) is 0 Å². The Morgan fingerprint density at radius 2 is 1.46 bits per heavy atom. The maximum Gasteiger partial charge on any atom is 0.0205 e. The Balaban J connectivity index is 1.39. The number of likely N-dealkylation sites (tertiary alicyclic amines) is 1. The molecule has 3 rings (SSSR count). The highest BCUT2D eigenvalue weighted by molar-refractivity contribution is 5.63. The van der Waals surface area contributed by atoms with Crippen LogP contribution in [0.5, 0.6) is 0 Å². The van der Waals surface area contributed by atoms with E-state index in [1.807, 2.05) is 0 Å². The minimum Gasteiger partial charge on any atom is -0.313 e. The summed E-state index contributed by atoms with van der Waals surface area (Å²) in [6.07, 6.45) is 5.45. The molecule has 2 aromatic carbocycles. The van der Waals surface area contributed by atoms with Gasteiger partial charge in [-0.25, -0.2) is 0 Å². The number of rotatable bonds is 7. The van der Waals surface area contributed by atoms with Crippen LogP contribution >= 0.6 is 0 Å². The molecule has 0 amide bonds. The van der Waals surface area contributed by atoms with E-state index in [1.165, 1.54) is 67.6 Å². The summed E-state index contributed by atoms with van der Waals surface area (Å²) >= 11 is 0. The fourth-order valence-electron chi connectivity index (χ4n) is 3.40. The van der Waals surface area contributed by atoms with Crippen molar-refractivity contribution in [2.24, 2.45) is 0 Å². The van der Waals surface area contributed by atoms with Crippen LogP contribution in [0, 0.1) is 6.92 Å². The van der Waals surface area contributed by atoms with Gasteiger partial charge < -0.3 is 10.2 Å². The highest BCUT2D eigenvalue weighted by Crippen LogP contribution is 2.20. The summed E-state index contributed by atoms with van der Waals surface area (Å²) in [6, 6.07) is 17.7. The van der Waals surface area contributed by atoms with Crippen molar-refractivity contribution in [3.63, 3.8) is 0 Å². The molecule has 1 aliphatic heterocycles. The SMILES string of the molecule is Cc1ccc(-c2ccc(CNCCCN3CCCCC3)cc2)cc1. The van der Waals surface area contributed by atoms with Gasteiger partial charge in [-0.2, -0.15) is 0 Å². The number of piperidine rings is 1. The summed E-state index contributed by atoms with van der Waals surface area (Å²) in [4.78, 5) is 2.61. The van der Waals surface area contributed by atoms with Gasteiger partial charge in [0.15, 0.2) is 0 Å². The Labute approximate surface area is 146 Å². The molecular weight excluding hydrogens is 292 g/mol. The summed E-state index contributed by atoms with van der Waals surface area (Å²) in [7, 11) is 0. The zero-order valence-electron chi connectivity index (χ0n) is 14.9. The van der Waals surface area contributed by atoms with E-state index in [-0.39, 0.29) is 0 Å². The molecule has 0 bridgehead atoms. The predicted molar refractivity (Wildman–Crippen MR) is 103 cm³/mol. The van der Waals surface area contributed by atoms with Crippen LogP contribution in [-0.2, 0) is 6.54 Å². The summed E-state index contributed by atoms with van der Waals surface area (Å²) in [5.74, 6) is 0. The highest BCUT2D eigenvalue weighted by atomic mass is 15.1. The number of nitrogens with one attached hydrogen (secondary N) is 1. The van der Waals surface area contributed by atoms with Crippen molar-refractivity contribution < 1.29 is 0 Å². The van der Waals surface area contributed by atoms with Gasteiger partial charge >= 0.3 is 0 Å². The fraction of sp³-hybridized carbons (Fsp3) is 0.455. The predicted octanol–water partition coefficient (Wildman–Crippen LogP) is 4.63. The summed E-state index contributed by atoms with van der Waals surface area (Å²) < 4.78 is 0. The molecule has 128 valence electrons. The molecule has 2 nitrogen and oxygen atoms in total. The van der Waals surface area contributed by atoms with Crippen LogP contribution in [0.4, 0.5) is 0 Å². The summed E-state index contributed by atoms with van der Waals surface area (Å²) in [5, 5.41) is 3.58. The van der Waals surface area contributed by atoms with Crippen LogP contribution < -0.4 is 5.32 Å². The molecule has 1 aliphatic rings. The van der Waals surface area contributed by atoms with Crippen molar-refractivity contribution in [2.45, 2.75) is 39.2 Å². The first kappa shape index (κ1) is 17.2. The van der Waals surface area contributed by atoms with Gasteiger partial charge in [0.25, 0.3) is 0 Å². The average Bonchev–Trinajstić information content (AvgIpc) is 2.64. The van der Waals surface area contributed by atoms with Crippen molar-refractivity contribution in [3.8, 4) is 11.1 Å². The third-order valence-electron chi connectivity index (χ3n) is 4.94. The molecule has 0 unspecified atom stereocenters. The van der Waals surface area contributed by atoms with E-state index in [2.05, 4.69) is 65.7 Å². The van der Waals surface area contributed by atoms with Crippen molar-refractivity contribution in [1.29, 1.82) is 0 Å². The minimum absolute atomic E-state index is 0.966. The molecule has 0 aliphatic carbocycles. The van der Waals surface area contributed by atoms with E-state index in [0.29, 0.717) is 0 Å². The number of aryl methyl sites for hydroxylation is 1. The number of benzene rings is 2. The largest absolute Gasteiger partial charge is 0.313 e. The Kier molecular flexibility index (Phi) is 6.45. The molecule has 2 heteroatoms. The van der Waals surface area contributed by atoms with Crippen LogP contribution in [0.15, 0.2) is 48.5 Å². The van der Waals surface area contributed by atoms with Gasteiger partial charge in [0, 0.05) is 6.54 Å². The van der Waals surface area contributed by atoms with E-state index in [0.717, 1.165) is 13.1 Å². The van der Waals surface area contributed by atoms with Crippen molar-refractivity contribution in [3.05, 3.63) is 59.7 Å². The molecule has 1 saturated heterocycles. The molecule has 1 heterocycles. The number of nitrogens with zero attached hydrogens (tertiary/aromatic N) is 1. The van der Waals surface area contributed by atoms with Gasteiger partial charge in [-0.05, 0) is 69.1 Å². The first-order valence-corrected chi connectivity index (χ1v) is 9.40. The zero-order valence-corrected chi connectivity index (χ0v) is 14.9. The quantitative estimate of drug-likeness (QED) is 0.748. The number of hydrogen-bond acceptors (Lipinski definition) is 2. The lowest BCUT2D eigenvalue weighted by atomic mass is 10.0. The van der Waals surface area contributed by atoms with E-state index >= 15 is 0 Å². The van der Waals surface area contributed by atoms with E-state index in [1.54, 1.807) is 0 Å². The third kappa shape index (κ3) is 5.19. The van der Waals surface area contributed by atoms with E-state index < -0.39 is 0 Å². The number of hydrogen-bond donors (Lipinski definition) is 1. The van der Waals surface area contributed by atoms with Crippen LogP contribution in [0.25, 0.3) is 11.1 Å². The molecule has 2 aromatic rings. The molecule has 24 heavy (non-hydrogen) atoms. The first-order chi connectivity index (χ1) is 11.8. The van der Waals surface area contributed by atoms with Crippen LogP contribution in [0.3, 0.4) is 0 Å². The van der Waals surface area contributed by atoms with Crippen molar-refractivity contribution >= 4 is 0 Å². The van der Waals surface area contributed by atoms with Crippen molar-refractivity contribution in [2.75, 3.05) is 26.2 Å². The lowest BCUT2D eigenvalue weighted by Gasteiger charge is -2.26. The Morgan fingerprint density at radius 3 is 2.12 bits per heavy atom. The van der Waals surface area contributed by atoms with Gasteiger partial charge in [0.1, 0.15) is 0 Å². The molecule has 0 spiro atoms. The van der Waals surface area contributed by atoms with Crippen LogP contribution in [-0.4, -0.2) is 31.1 Å². The molecule has 1 N–H and O–H groups in total. The average molecular weight is 322 g/mol. The second kappa shape index (κ2) is 9.00. The lowest BCUT2D eigenvalue weighted by molar-refractivity contribution is 0.225. The minimum atomic E-state index is 0.966. The maximum absolute atomic E-state index is 3.58. The molecule has 0 aromatic heterocycles. The first-order valence-electron chi connectivity index (χ1n) is 9.40. The highest BCUT2D eigenvalue weighted by Gasteiger charge is 2.08. The zero-order chi connectivity index (χ0) is 16.6. The molecule has 0 radical (unpaired) electrons. The van der Waals surface area contributed by atoms with Crippen molar-refractivity contribution in [1.82, 2.24) is 10.2 Å². The van der Waals surface area contributed by atoms with Crippen LogP contribution in [0.2, 0.25) is 0 Å². The van der Waals surface area contributed by atoms with Gasteiger partial charge in [-0.1, -0.05) is 60.5 Å². The fourth-order valence-corrected chi connectivity index (χ4v) is 3.40. The second-order valence-corrected chi connectivity index (χ2v) is 7.00. The molecule has 0 atom stereocenters. The topological polar surface area (TPSA) is 15.3 Å². The standard InChI is InChI=1S/C22H30N2/c1-19-6-10-21(11-7-19)22-12-8-20(9-13-22)18-23-14-5-17-24-15-3-2-4-16-24/h6-13,23H,2-5,14-18H2,1H3. The third-order valence-corrected chi connectivity index (χ3v) is 4.94. The van der Waals surface area contributed by atoms with Gasteiger partial charge in [0.2, 0.25) is 0 Å². The molecular formula is C22H30N2. The molecule has 1 fully saturated rings. The smallest absolute Gasteiger partial charge is 0.0205 e. The van der Waals surface area contributed by atoms with Crippen LogP contribution in [0.1, 0.15) is 36.8 Å². The summed E-state index contributed by atoms with van der Waals surface area (Å²) in [5.41, 5.74) is 5.26. The van der Waals surface area contributed by atoms with Gasteiger partial charge in [-0.15, -0.1) is 0 Å². The Bertz CT molecular complexity index is 595. The summed E-state index contributed by atoms with van der Waals surface area (Å²) in [6.45, 7) is 8.06. The monoisotopic (exact) mass is 322 g/mol. The van der Waals surface area contributed by atoms with Gasteiger partial charge in [-0.3, -0.25) is 0 Å². The Hall–Kier alpha value is -1.64. The normalized spacial score (nSPS) is 15.5.